The Hall–Kier alpha value is -2.24. The maximum Gasteiger partial charge on any atom is 0.187 e. The van der Waals surface area contributed by atoms with Crippen molar-refractivity contribution in [3.63, 3.8) is 0 Å². The molecule has 0 atom stereocenters. The van der Waals surface area contributed by atoms with E-state index >= 15 is 0 Å². The number of aromatic hydroxyl groups is 2. The molecule has 6 heteroatoms. The molecule has 0 radical (unpaired) electrons. The van der Waals surface area contributed by atoms with Crippen LogP contribution in [0.2, 0.25) is 0 Å². The molecule has 1 aliphatic carbocycles. The zero-order chi connectivity index (χ0) is 18.2. The summed E-state index contributed by atoms with van der Waals surface area (Å²) in [5.41, 5.74) is -0.528. The Morgan fingerprint density at radius 3 is 1.24 bits per heavy atom. The fourth-order valence-electron chi connectivity index (χ4n) is 3.76. The molecule has 0 bridgehead atoms. The molecule has 0 aliphatic heterocycles. The minimum Gasteiger partial charge on any atom is -0.503 e. The first kappa shape index (κ1) is 17.6. The Balaban J connectivity index is 2.24. The monoisotopic (exact) mass is 354 g/mol. The third-order valence-corrected chi connectivity index (χ3v) is 5.10. The van der Waals surface area contributed by atoms with E-state index in [1.165, 1.54) is 0 Å². The molecule has 0 heterocycles. The van der Waals surface area contributed by atoms with E-state index in [4.69, 9.17) is 0 Å². The van der Waals surface area contributed by atoms with E-state index in [9.17, 15) is 27.8 Å². The zero-order valence-electron chi connectivity index (χ0n) is 13.5. The maximum atomic E-state index is 13.9. The highest BCUT2D eigenvalue weighted by Gasteiger charge is 2.37. The van der Waals surface area contributed by atoms with Crippen LogP contribution in [0.4, 0.5) is 17.6 Å². The summed E-state index contributed by atoms with van der Waals surface area (Å²) in [7, 11) is 0. The normalized spacial score (nSPS) is 17.3. The van der Waals surface area contributed by atoms with Gasteiger partial charge in [-0.2, -0.15) is 0 Å². The van der Waals surface area contributed by atoms with Crippen molar-refractivity contribution < 1.29 is 27.8 Å². The van der Waals surface area contributed by atoms with E-state index in [0.29, 0.717) is 12.8 Å². The molecule has 25 heavy (non-hydrogen) atoms. The van der Waals surface area contributed by atoms with Crippen LogP contribution in [0.25, 0.3) is 0 Å². The topological polar surface area (TPSA) is 40.5 Å². The van der Waals surface area contributed by atoms with E-state index in [-0.39, 0.29) is 11.1 Å². The molecule has 1 aliphatic rings. The highest BCUT2D eigenvalue weighted by Crippen LogP contribution is 2.46. The summed E-state index contributed by atoms with van der Waals surface area (Å²) in [6.07, 6.45) is 4.20. The number of phenolic OH excluding ortho intramolecular Hbond substituents is 2. The van der Waals surface area contributed by atoms with Crippen molar-refractivity contribution in [1.82, 2.24) is 0 Å². The van der Waals surface area contributed by atoms with Crippen molar-refractivity contribution >= 4 is 0 Å². The van der Waals surface area contributed by atoms with Crippen LogP contribution < -0.4 is 0 Å². The van der Waals surface area contributed by atoms with E-state index in [1.807, 2.05) is 0 Å². The van der Waals surface area contributed by atoms with Gasteiger partial charge in [0.25, 0.3) is 0 Å². The summed E-state index contributed by atoms with van der Waals surface area (Å²) in [6, 6.07) is 4.08. The van der Waals surface area contributed by atoms with Crippen LogP contribution in [0, 0.1) is 23.3 Å². The van der Waals surface area contributed by atoms with Gasteiger partial charge in [0.15, 0.2) is 34.8 Å². The number of phenols is 2. The van der Waals surface area contributed by atoms with Gasteiger partial charge in [0.05, 0.1) is 0 Å². The van der Waals surface area contributed by atoms with Crippen LogP contribution in [0.15, 0.2) is 24.3 Å². The first-order valence-electron chi connectivity index (χ1n) is 8.22. The van der Waals surface area contributed by atoms with Crippen molar-refractivity contribution in [2.45, 2.75) is 43.9 Å². The molecular weight excluding hydrogens is 336 g/mol. The first-order chi connectivity index (χ1) is 11.8. The number of benzene rings is 2. The minimum absolute atomic E-state index is 0.228. The van der Waals surface area contributed by atoms with Crippen molar-refractivity contribution in [1.29, 1.82) is 0 Å². The van der Waals surface area contributed by atoms with E-state index < -0.39 is 40.2 Å². The number of hydrogen-bond donors (Lipinski definition) is 2. The molecule has 3 rings (SSSR count). The lowest BCUT2D eigenvalue weighted by atomic mass is 9.69. The van der Waals surface area contributed by atoms with Crippen LogP contribution >= 0.6 is 0 Å². The molecule has 1 fully saturated rings. The molecule has 2 N–H and O–H groups in total. The summed E-state index contributed by atoms with van der Waals surface area (Å²) in [5.74, 6) is -6.60. The largest absolute Gasteiger partial charge is 0.503 e. The summed E-state index contributed by atoms with van der Waals surface area (Å²) in [4.78, 5) is 0. The summed E-state index contributed by atoms with van der Waals surface area (Å²) in [5, 5.41) is 18.7. The van der Waals surface area contributed by atoms with Crippen molar-refractivity contribution in [2.75, 3.05) is 0 Å². The van der Waals surface area contributed by atoms with Crippen molar-refractivity contribution in [2.24, 2.45) is 0 Å². The van der Waals surface area contributed by atoms with Gasteiger partial charge in [-0.15, -0.1) is 0 Å². The standard InChI is InChI=1S/C19H18F4O2/c20-13-7-11(8-14(21)17(13)24)19(5-3-1-2-4-6-19)12-9-15(22)18(25)16(23)10-12/h7-10,24-25H,1-6H2. The highest BCUT2D eigenvalue weighted by molar-refractivity contribution is 5.45. The fourth-order valence-corrected chi connectivity index (χ4v) is 3.76. The smallest absolute Gasteiger partial charge is 0.187 e. The second-order valence-corrected chi connectivity index (χ2v) is 6.57. The van der Waals surface area contributed by atoms with Crippen LogP contribution in [-0.2, 0) is 5.41 Å². The quantitative estimate of drug-likeness (QED) is 0.568. The van der Waals surface area contributed by atoms with E-state index in [1.54, 1.807) is 0 Å². The average Bonchev–Trinajstić information content (AvgIpc) is 2.83. The summed E-state index contributed by atoms with van der Waals surface area (Å²) in [6.45, 7) is 0. The number of halogens is 4. The molecule has 0 unspecified atom stereocenters. The van der Waals surface area contributed by atoms with Gasteiger partial charge < -0.3 is 10.2 Å². The minimum atomic E-state index is -1.11. The highest BCUT2D eigenvalue weighted by atomic mass is 19.1. The Morgan fingerprint density at radius 1 is 0.600 bits per heavy atom. The SMILES string of the molecule is Oc1c(F)cc(C2(c3cc(F)c(O)c(F)c3)CCCCCC2)cc1F. The van der Waals surface area contributed by atoms with Gasteiger partial charge in [-0.05, 0) is 48.2 Å². The van der Waals surface area contributed by atoms with Crippen molar-refractivity contribution in [3.8, 4) is 11.5 Å². The predicted octanol–water partition coefficient (Wildman–Crippen LogP) is 5.29. The van der Waals surface area contributed by atoms with Gasteiger partial charge in [-0.1, -0.05) is 25.7 Å². The Morgan fingerprint density at radius 2 is 0.920 bits per heavy atom. The Labute approximate surface area is 142 Å². The van der Waals surface area contributed by atoms with Gasteiger partial charge in [0, 0.05) is 5.41 Å². The molecule has 0 saturated heterocycles. The number of rotatable bonds is 2. The summed E-state index contributed by atoms with van der Waals surface area (Å²) >= 11 is 0. The maximum absolute atomic E-state index is 13.9. The molecule has 134 valence electrons. The predicted molar refractivity (Wildman–Crippen MR) is 84.5 cm³/mol. The molecule has 2 nitrogen and oxygen atoms in total. The second-order valence-electron chi connectivity index (χ2n) is 6.57. The van der Waals surface area contributed by atoms with Crippen LogP contribution in [0.1, 0.15) is 49.7 Å². The van der Waals surface area contributed by atoms with Gasteiger partial charge in [-0.3, -0.25) is 0 Å². The Kier molecular flexibility index (Phi) is 4.62. The molecule has 0 amide bonds. The second kappa shape index (κ2) is 6.58. The summed E-state index contributed by atoms with van der Waals surface area (Å²) < 4.78 is 55.7. The van der Waals surface area contributed by atoms with Crippen molar-refractivity contribution in [3.05, 3.63) is 58.7 Å². The van der Waals surface area contributed by atoms with Gasteiger partial charge in [-0.25, -0.2) is 17.6 Å². The van der Waals surface area contributed by atoms with Crippen LogP contribution in [-0.4, -0.2) is 10.2 Å². The molecule has 0 spiro atoms. The third kappa shape index (κ3) is 3.05. The van der Waals surface area contributed by atoms with E-state index in [0.717, 1.165) is 49.9 Å². The number of hydrogen-bond acceptors (Lipinski definition) is 2. The molecule has 1 saturated carbocycles. The Bertz CT molecular complexity index is 690. The van der Waals surface area contributed by atoms with E-state index in [2.05, 4.69) is 0 Å². The fraction of sp³-hybridized carbons (Fsp3) is 0.368. The van der Waals surface area contributed by atoms with Crippen LogP contribution in [0.5, 0.6) is 11.5 Å². The van der Waals surface area contributed by atoms with Gasteiger partial charge in [0.2, 0.25) is 0 Å². The average molecular weight is 354 g/mol. The zero-order valence-corrected chi connectivity index (χ0v) is 13.5. The van der Waals surface area contributed by atoms with Gasteiger partial charge >= 0.3 is 0 Å². The molecule has 2 aromatic rings. The lowest BCUT2D eigenvalue weighted by molar-refractivity contribution is 0.379. The third-order valence-electron chi connectivity index (χ3n) is 5.10. The van der Waals surface area contributed by atoms with Gasteiger partial charge in [0.1, 0.15) is 0 Å². The lowest BCUT2D eigenvalue weighted by Gasteiger charge is -2.34. The molecular formula is C19H18F4O2. The van der Waals surface area contributed by atoms with Crippen LogP contribution in [0.3, 0.4) is 0 Å². The lowest BCUT2D eigenvalue weighted by Crippen LogP contribution is -2.28. The molecule has 0 aromatic heterocycles. The molecule has 2 aromatic carbocycles. The first-order valence-corrected chi connectivity index (χ1v) is 8.22.